The van der Waals surface area contributed by atoms with E-state index in [9.17, 15) is 0 Å². The highest BCUT2D eigenvalue weighted by Crippen LogP contribution is 1.75. The molecule has 0 N–H and O–H groups in total. The number of rotatable bonds is 1. The van der Waals surface area contributed by atoms with E-state index in [0.29, 0.717) is 0 Å². The van der Waals surface area contributed by atoms with Crippen molar-refractivity contribution in [2.45, 2.75) is 0 Å². The lowest BCUT2D eigenvalue weighted by Crippen LogP contribution is -1.46. The van der Waals surface area contributed by atoms with Gasteiger partial charge in [-0.3, -0.25) is 0 Å². The molecule has 0 saturated heterocycles. The highest BCUT2D eigenvalue weighted by atomic mass is 79.9. The van der Waals surface area contributed by atoms with E-state index in [1.807, 2.05) is 0 Å². The molecule has 0 nitrogen and oxygen atoms in total. The fraction of sp³-hybridized carbons (Fsp3) is 0.250. The molecule has 0 aromatic rings. The van der Waals surface area contributed by atoms with Gasteiger partial charge in [0.15, 0.2) is 0 Å². The van der Waals surface area contributed by atoms with E-state index in [4.69, 9.17) is 6.58 Å². The van der Waals surface area contributed by atoms with Crippen LogP contribution in [0.1, 0.15) is 0 Å². The van der Waals surface area contributed by atoms with Crippen LogP contribution < -0.4 is 0 Å². The fourth-order valence-electron chi connectivity index (χ4n) is 0.0445. The molecule has 0 heterocycles. The number of alkyl halides is 1. The van der Waals surface area contributed by atoms with Crippen molar-refractivity contribution in [2.75, 3.05) is 5.33 Å². The Labute approximate surface area is 40.3 Å². The first-order valence-electron chi connectivity index (χ1n) is 1.25. The lowest BCUT2D eigenvalue weighted by molar-refractivity contribution is 1.84. The van der Waals surface area contributed by atoms with Crippen LogP contribution >= 0.6 is 15.9 Å². The molecule has 1 heteroatoms. The Kier molecular flexibility index (Phi) is 4.00. The zero-order valence-corrected chi connectivity index (χ0v) is 4.33. The first-order chi connectivity index (χ1) is 2.41. The summed E-state index contributed by atoms with van der Waals surface area (Å²) in [6, 6.07) is 0. The molecule has 0 aromatic carbocycles. The standard InChI is InChI=1S/C4H4Br/c1-2-3-4-5/h1,3H,4H2. The summed E-state index contributed by atoms with van der Waals surface area (Å²) >= 11 is 3.11. The minimum Gasteiger partial charge on any atom is -0.124 e. The van der Waals surface area contributed by atoms with Gasteiger partial charge in [0.2, 0.25) is 0 Å². The predicted octanol–water partition coefficient (Wildman–Crippen LogP) is 1.53. The molecule has 0 bridgehead atoms. The third-order valence-corrected chi connectivity index (χ3v) is 0.519. The van der Waals surface area contributed by atoms with E-state index in [1.54, 1.807) is 6.08 Å². The van der Waals surface area contributed by atoms with Crippen LogP contribution in [0.15, 0.2) is 11.8 Å². The Morgan fingerprint density at radius 3 is 2.60 bits per heavy atom. The van der Waals surface area contributed by atoms with E-state index in [2.05, 4.69) is 21.7 Å². The molecular weight excluding hydrogens is 128 g/mol. The molecule has 1 radical (unpaired) electrons. The first kappa shape index (κ1) is 5.00. The van der Waals surface area contributed by atoms with Crippen LogP contribution in [0, 0.1) is 6.58 Å². The summed E-state index contributed by atoms with van der Waals surface area (Å²) in [6.45, 7) is 4.80. The highest BCUT2D eigenvalue weighted by Gasteiger charge is 1.51. The molecule has 0 aliphatic rings. The van der Waals surface area contributed by atoms with Crippen molar-refractivity contribution >= 4 is 15.9 Å². The fourth-order valence-corrected chi connectivity index (χ4v) is 0.231. The Morgan fingerprint density at radius 2 is 2.60 bits per heavy atom. The molecule has 5 heavy (non-hydrogen) atoms. The van der Waals surface area contributed by atoms with Crippen molar-refractivity contribution in [3.63, 3.8) is 0 Å². The summed E-state index contributed by atoms with van der Waals surface area (Å²) in [5.74, 6) is 0. The van der Waals surface area contributed by atoms with Crippen LogP contribution in [-0.2, 0) is 0 Å². The minimum atomic E-state index is 0.795. The van der Waals surface area contributed by atoms with Crippen LogP contribution in [0.25, 0.3) is 0 Å². The molecule has 0 aromatic heterocycles. The van der Waals surface area contributed by atoms with Crippen LogP contribution in [0.2, 0.25) is 0 Å². The van der Waals surface area contributed by atoms with Gasteiger partial charge in [-0.1, -0.05) is 15.9 Å². The van der Waals surface area contributed by atoms with E-state index < -0.39 is 0 Å². The molecule has 0 aliphatic carbocycles. The summed E-state index contributed by atoms with van der Waals surface area (Å²) in [6.07, 6.45) is 1.69. The topological polar surface area (TPSA) is 0 Å². The van der Waals surface area contributed by atoms with Crippen LogP contribution in [0.5, 0.6) is 0 Å². The number of allylic oxidation sites excluding steroid dienone is 1. The lowest BCUT2D eigenvalue weighted by atomic mass is 10.7. The summed E-state index contributed by atoms with van der Waals surface area (Å²) < 4.78 is 0. The molecule has 0 spiro atoms. The molecule has 0 unspecified atom stereocenters. The molecule has 0 amide bonds. The lowest BCUT2D eigenvalue weighted by Gasteiger charge is -1.57. The maximum absolute atomic E-state index is 4.80. The van der Waals surface area contributed by atoms with Crippen molar-refractivity contribution in [1.29, 1.82) is 0 Å². The number of hydrogen-bond donors (Lipinski definition) is 0. The summed E-state index contributed by atoms with van der Waals surface area (Å²) in [7, 11) is 0. The SMILES string of the molecule is [CH]=C=CCBr. The van der Waals surface area contributed by atoms with Crippen molar-refractivity contribution in [2.24, 2.45) is 0 Å². The van der Waals surface area contributed by atoms with Gasteiger partial charge in [-0.15, -0.1) is 5.73 Å². The number of hydrogen-bond acceptors (Lipinski definition) is 0. The Morgan fingerprint density at radius 1 is 2.00 bits per heavy atom. The Hall–Kier alpha value is 0. The second kappa shape index (κ2) is 4.00. The number of halogens is 1. The van der Waals surface area contributed by atoms with Gasteiger partial charge < -0.3 is 0 Å². The monoisotopic (exact) mass is 131 g/mol. The van der Waals surface area contributed by atoms with Crippen LogP contribution in [-0.4, -0.2) is 5.33 Å². The molecular formula is C4H4Br. The third kappa shape index (κ3) is 4.00. The van der Waals surface area contributed by atoms with Gasteiger partial charge >= 0.3 is 0 Å². The molecule has 0 atom stereocenters. The first-order valence-corrected chi connectivity index (χ1v) is 2.37. The zero-order chi connectivity index (χ0) is 4.12. The van der Waals surface area contributed by atoms with Gasteiger partial charge in [0.05, 0.1) is 0 Å². The van der Waals surface area contributed by atoms with Gasteiger partial charge in [0.1, 0.15) is 0 Å². The maximum Gasteiger partial charge on any atom is 0.0287 e. The highest BCUT2D eigenvalue weighted by molar-refractivity contribution is 9.09. The van der Waals surface area contributed by atoms with Gasteiger partial charge in [-0.25, -0.2) is 0 Å². The second-order valence-electron chi connectivity index (χ2n) is 0.525. The Bertz CT molecular complexity index is 50.7. The second-order valence-corrected chi connectivity index (χ2v) is 1.17. The van der Waals surface area contributed by atoms with Crippen molar-refractivity contribution < 1.29 is 0 Å². The van der Waals surface area contributed by atoms with Crippen molar-refractivity contribution in [3.05, 3.63) is 18.4 Å². The maximum atomic E-state index is 4.80. The summed E-state index contributed by atoms with van der Waals surface area (Å²) in [5, 5.41) is 0.795. The normalized spacial score (nSPS) is 5.80. The average molecular weight is 132 g/mol. The van der Waals surface area contributed by atoms with E-state index in [0.717, 1.165) is 5.33 Å². The van der Waals surface area contributed by atoms with Crippen molar-refractivity contribution in [3.8, 4) is 0 Å². The summed E-state index contributed by atoms with van der Waals surface area (Å²) in [4.78, 5) is 0. The molecule has 0 fully saturated rings. The van der Waals surface area contributed by atoms with Gasteiger partial charge in [-0.2, -0.15) is 0 Å². The van der Waals surface area contributed by atoms with Crippen molar-refractivity contribution in [1.82, 2.24) is 0 Å². The predicted molar refractivity (Wildman–Crippen MR) is 26.2 cm³/mol. The quantitative estimate of drug-likeness (QED) is 0.374. The van der Waals surface area contributed by atoms with Gasteiger partial charge in [-0.05, 0) is 12.7 Å². The summed E-state index contributed by atoms with van der Waals surface area (Å²) in [5.41, 5.74) is 2.35. The molecule has 27 valence electrons. The average Bonchev–Trinajstić information content (AvgIpc) is 1.41. The van der Waals surface area contributed by atoms with E-state index in [1.165, 1.54) is 0 Å². The van der Waals surface area contributed by atoms with Gasteiger partial charge in [0, 0.05) is 5.33 Å². The zero-order valence-electron chi connectivity index (χ0n) is 2.74. The van der Waals surface area contributed by atoms with Crippen LogP contribution in [0.3, 0.4) is 0 Å². The third-order valence-electron chi connectivity index (χ3n) is 0.195. The van der Waals surface area contributed by atoms with E-state index in [-0.39, 0.29) is 0 Å². The smallest absolute Gasteiger partial charge is 0.0287 e. The van der Waals surface area contributed by atoms with Crippen LogP contribution in [0.4, 0.5) is 0 Å². The molecule has 0 saturated carbocycles. The molecule has 0 aliphatic heterocycles. The minimum absolute atomic E-state index is 0.795. The molecule has 0 rings (SSSR count). The largest absolute Gasteiger partial charge is 0.124 e. The van der Waals surface area contributed by atoms with E-state index >= 15 is 0 Å². The van der Waals surface area contributed by atoms with Gasteiger partial charge in [0.25, 0.3) is 0 Å². The Balaban J connectivity index is 2.93.